The lowest BCUT2D eigenvalue weighted by Crippen LogP contribution is -2.57. The number of anilines is 1. The van der Waals surface area contributed by atoms with Gasteiger partial charge in [-0.1, -0.05) is 61.2 Å². The molecule has 0 radical (unpaired) electrons. The molecule has 3 aliphatic rings. The number of nitrogens with zero attached hydrogens (tertiary/aromatic N) is 5. The summed E-state index contributed by atoms with van der Waals surface area (Å²) in [5.74, 6) is 0.923. The molecule has 1 aromatic heterocycles. The summed E-state index contributed by atoms with van der Waals surface area (Å²) in [7, 11) is 0. The van der Waals surface area contributed by atoms with Gasteiger partial charge in [0, 0.05) is 48.8 Å². The van der Waals surface area contributed by atoms with Gasteiger partial charge in [0.05, 0.1) is 0 Å². The Morgan fingerprint density at radius 1 is 0.953 bits per heavy atom. The highest BCUT2D eigenvalue weighted by molar-refractivity contribution is 6.30. The van der Waals surface area contributed by atoms with E-state index < -0.39 is 0 Å². The van der Waals surface area contributed by atoms with Gasteiger partial charge in [0.25, 0.3) is 0 Å². The van der Waals surface area contributed by atoms with E-state index in [9.17, 15) is 4.79 Å². The zero-order chi connectivity index (χ0) is 29.6. The van der Waals surface area contributed by atoms with Crippen molar-refractivity contribution in [1.29, 1.82) is 0 Å². The minimum absolute atomic E-state index is 0.162. The zero-order valence-electron chi connectivity index (χ0n) is 25.4. The van der Waals surface area contributed by atoms with Crippen molar-refractivity contribution in [2.75, 3.05) is 18.0 Å². The fourth-order valence-electron chi connectivity index (χ4n) is 8.20. The van der Waals surface area contributed by atoms with Crippen LogP contribution in [0.5, 0.6) is 0 Å². The predicted octanol–water partition coefficient (Wildman–Crippen LogP) is 6.51. The number of hydrogen-bond donors (Lipinski definition) is 1. The monoisotopic (exact) mass is 602 g/mol. The molecule has 2 aromatic carbocycles. The number of carbonyl (C=O) groups is 1. The number of para-hydroxylation sites is 1. The number of halogens is 1. The minimum atomic E-state index is -0.291. The van der Waals surface area contributed by atoms with E-state index in [1.54, 1.807) is 6.33 Å². The van der Waals surface area contributed by atoms with E-state index >= 15 is 0 Å². The second-order valence-electron chi connectivity index (χ2n) is 13.3. The van der Waals surface area contributed by atoms with Gasteiger partial charge in [0.1, 0.15) is 18.7 Å². The quantitative estimate of drug-likeness (QED) is 0.302. The van der Waals surface area contributed by atoms with Gasteiger partial charge in [-0.05, 0) is 92.5 Å². The topological polar surface area (TPSA) is 80.3 Å². The number of amides is 1. The fraction of sp³-hybridized carbons (Fsp3) is 0.571. The lowest BCUT2D eigenvalue weighted by molar-refractivity contribution is -0.136. The van der Waals surface area contributed by atoms with Crippen molar-refractivity contribution in [3.05, 3.63) is 77.8 Å². The van der Waals surface area contributed by atoms with E-state index in [0.29, 0.717) is 12.3 Å². The first kappa shape index (κ1) is 30.1. The third kappa shape index (κ3) is 7.09. The predicted molar refractivity (Wildman–Crippen MR) is 173 cm³/mol. The van der Waals surface area contributed by atoms with Crippen molar-refractivity contribution < 1.29 is 4.79 Å². The summed E-state index contributed by atoms with van der Waals surface area (Å²) >= 11 is 6.26. The first-order chi connectivity index (χ1) is 21.0. The van der Waals surface area contributed by atoms with Crippen LogP contribution in [0.1, 0.15) is 76.2 Å². The Balaban J connectivity index is 1.28. The Morgan fingerprint density at radius 3 is 2.30 bits per heavy atom. The van der Waals surface area contributed by atoms with Crippen LogP contribution in [0.15, 0.2) is 67.3 Å². The standard InChI is InChI=1S/C35H47ClN6O/c36-29-13-11-27(12-14-29)23-33(42(31-9-5-2-6-10-31)32-17-15-30(37)16-18-32)34(43)40-21-19-35(20-22-40,24-41-26-38-25-39-41)28-7-3-1-4-8-28/h2,5-6,9-14,25-26,28,30,32-33H,1,3-4,7-8,15-24,37H2/t30-,32-,33-/m1/s1. The molecule has 2 saturated carbocycles. The van der Waals surface area contributed by atoms with Gasteiger partial charge in [-0.3, -0.25) is 9.48 Å². The smallest absolute Gasteiger partial charge is 0.245 e. The van der Waals surface area contributed by atoms with Crippen LogP contribution in [0.2, 0.25) is 5.02 Å². The lowest BCUT2D eigenvalue weighted by atomic mass is 9.63. The number of nitrogens with two attached hydrogens (primary N) is 1. The molecule has 3 aromatic rings. The molecule has 1 saturated heterocycles. The number of piperidine rings is 1. The summed E-state index contributed by atoms with van der Waals surface area (Å²) in [4.78, 5) is 23.7. The first-order valence-electron chi connectivity index (χ1n) is 16.5. The average Bonchev–Trinajstić information content (AvgIpc) is 3.56. The maximum atomic E-state index is 14.8. The van der Waals surface area contributed by atoms with Crippen molar-refractivity contribution >= 4 is 23.2 Å². The number of aromatic nitrogens is 3. The highest BCUT2D eigenvalue weighted by Crippen LogP contribution is 2.47. The molecular weight excluding hydrogens is 556 g/mol. The van der Waals surface area contributed by atoms with Gasteiger partial charge in [-0.2, -0.15) is 5.10 Å². The van der Waals surface area contributed by atoms with E-state index in [-0.39, 0.29) is 29.4 Å². The van der Waals surface area contributed by atoms with E-state index in [0.717, 1.165) is 74.4 Å². The molecule has 230 valence electrons. The van der Waals surface area contributed by atoms with Gasteiger partial charge in [0.15, 0.2) is 0 Å². The normalized spacial score (nSPS) is 23.5. The number of carbonyl (C=O) groups excluding carboxylic acids is 1. The molecule has 6 rings (SSSR count). The Labute approximate surface area is 261 Å². The number of benzene rings is 2. The Morgan fingerprint density at radius 2 is 1.65 bits per heavy atom. The van der Waals surface area contributed by atoms with Gasteiger partial charge in [0.2, 0.25) is 5.91 Å². The van der Waals surface area contributed by atoms with E-state index in [1.165, 1.54) is 32.1 Å². The van der Waals surface area contributed by atoms with Crippen LogP contribution in [-0.2, 0) is 17.8 Å². The highest BCUT2D eigenvalue weighted by Gasteiger charge is 2.45. The van der Waals surface area contributed by atoms with Crippen LogP contribution >= 0.6 is 11.6 Å². The Bertz CT molecular complexity index is 1280. The molecule has 2 N–H and O–H groups in total. The van der Waals surface area contributed by atoms with Gasteiger partial charge >= 0.3 is 0 Å². The molecule has 1 amide bonds. The van der Waals surface area contributed by atoms with Crippen LogP contribution < -0.4 is 10.6 Å². The van der Waals surface area contributed by atoms with E-state index in [1.807, 2.05) is 23.1 Å². The molecule has 43 heavy (non-hydrogen) atoms. The van der Waals surface area contributed by atoms with Crippen LogP contribution in [0, 0.1) is 11.3 Å². The summed E-state index contributed by atoms with van der Waals surface area (Å²) in [6, 6.07) is 18.8. The molecule has 2 aliphatic carbocycles. The summed E-state index contributed by atoms with van der Waals surface area (Å²) in [6.45, 7) is 2.48. The van der Waals surface area contributed by atoms with Crippen LogP contribution in [0.25, 0.3) is 0 Å². The summed E-state index contributed by atoms with van der Waals surface area (Å²) in [5, 5.41) is 5.22. The first-order valence-corrected chi connectivity index (χ1v) is 16.8. The second-order valence-corrected chi connectivity index (χ2v) is 13.7. The van der Waals surface area contributed by atoms with Crippen LogP contribution in [0.3, 0.4) is 0 Å². The molecule has 3 fully saturated rings. The van der Waals surface area contributed by atoms with Crippen molar-refractivity contribution in [3.8, 4) is 0 Å². The van der Waals surface area contributed by atoms with Gasteiger partial charge < -0.3 is 15.5 Å². The molecule has 2 heterocycles. The SMILES string of the molecule is N[C@H]1CC[C@H](N(c2ccccc2)[C@H](Cc2ccc(Cl)cc2)C(=O)N2CCC(Cn3cncn3)(C3CCCCC3)CC2)CC1. The number of rotatable bonds is 9. The van der Waals surface area contributed by atoms with Crippen molar-refractivity contribution in [3.63, 3.8) is 0 Å². The van der Waals surface area contributed by atoms with Crippen molar-refractivity contribution in [2.24, 2.45) is 17.1 Å². The van der Waals surface area contributed by atoms with Crippen LogP contribution in [0.4, 0.5) is 5.69 Å². The summed E-state index contributed by atoms with van der Waals surface area (Å²) in [6.07, 6.45) is 16.7. The van der Waals surface area contributed by atoms with E-state index in [2.05, 4.69) is 62.3 Å². The molecule has 0 bridgehead atoms. The molecule has 7 nitrogen and oxygen atoms in total. The van der Waals surface area contributed by atoms with Crippen molar-refractivity contribution in [2.45, 2.75) is 102 Å². The molecule has 1 atom stereocenters. The summed E-state index contributed by atoms with van der Waals surface area (Å²) in [5.41, 5.74) is 8.76. The summed E-state index contributed by atoms with van der Waals surface area (Å²) < 4.78 is 2.03. The number of likely N-dealkylation sites (tertiary alicyclic amines) is 1. The maximum absolute atomic E-state index is 14.8. The fourth-order valence-corrected chi connectivity index (χ4v) is 8.33. The number of hydrogen-bond acceptors (Lipinski definition) is 5. The molecular formula is C35H47ClN6O. The van der Waals surface area contributed by atoms with Gasteiger partial charge in [-0.25, -0.2) is 4.98 Å². The molecule has 1 aliphatic heterocycles. The van der Waals surface area contributed by atoms with Crippen molar-refractivity contribution in [1.82, 2.24) is 19.7 Å². The zero-order valence-corrected chi connectivity index (χ0v) is 26.1. The van der Waals surface area contributed by atoms with Crippen LogP contribution in [-0.4, -0.2) is 56.8 Å². The third-order valence-corrected chi connectivity index (χ3v) is 10.9. The molecule has 0 spiro atoms. The third-order valence-electron chi connectivity index (χ3n) is 10.6. The van der Waals surface area contributed by atoms with Gasteiger partial charge in [-0.15, -0.1) is 0 Å². The average molecular weight is 603 g/mol. The minimum Gasteiger partial charge on any atom is -0.356 e. The van der Waals surface area contributed by atoms with E-state index in [4.69, 9.17) is 17.3 Å². The lowest BCUT2D eigenvalue weighted by Gasteiger charge is -2.49. The molecule has 8 heteroatoms. The Hall–Kier alpha value is -2.90. The highest BCUT2D eigenvalue weighted by atomic mass is 35.5. The molecule has 0 unspecified atom stereocenters. The largest absolute Gasteiger partial charge is 0.356 e. The Kier molecular flexibility index (Phi) is 9.68. The maximum Gasteiger partial charge on any atom is 0.245 e. The second kappa shape index (κ2) is 13.8.